The molecule has 0 bridgehead atoms. The zero-order valence-corrected chi connectivity index (χ0v) is 11.3. The Kier molecular flexibility index (Phi) is 2.83. The van der Waals surface area contributed by atoms with Crippen LogP contribution in [0.25, 0.3) is 22.1 Å². The second-order valence-corrected chi connectivity index (χ2v) is 4.98. The van der Waals surface area contributed by atoms with Gasteiger partial charge >= 0.3 is 5.97 Å². The minimum atomic E-state index is -1.05. The third-order valence-electron chi connectivity index (χ3n) is 3.38. The van der Waals surface area contributed by atoms with Crippen molar-refractivity contribution in [2.45, 2.75) is 13.8 Å². The second kappa shape index (κ2) is 4.53. The van der Waals surface area contributed by atoms with Crippen molar-refractivity contribution in [1.29, 1.82) is 0 Å². The van der Waals surface area contributed by atoms with Crippen LogP contribution in [0.4, 0.5) is 0 Å². The van der Waals surface area contributed by atoms with Gasteiger partial charge in [0.05, 0.1) is 0 Å². The van der Waals surface area contributed by atoms with Gasteiger partial charge in [0.2, 0.25) is 5.76 Å². The van der Waals surface area contributed by atoms with Crippen LogP contribution in [0, 0.1) is 13.8 Å². The number of furan rings is 1. The summed E-state index contributed by atoms with van der Waals surface area (Å²) in [6.45, 7) is 3.98. The van der Waals surface area contributed by atoms with Crippen molar-refractivity contribution in [1.82, 2.24) is 0 Å². The van der Waals surface area contributed by atoms with E-state index in [2.05, 4.69) is 0 Å². The van der Waals surface area contributed by atoms with Gasteiger partial charge in [0.1, 0.15) is 5.58 Å². The summed E-state index contributed by atoms with van der Waals surface area (Å²) in [4.78, 5) is 11.4. The minimum Gasteiger partial charge on any atom is -0.475 e. The second-order valence-electron chi connectivity index (χ2n) is 4.98. The molecular formula is C17H14O3. The average molecular weight is 266 g/mol. The molecule has 0 atom stereocenters. The van der Waals surface area contributed by atoms with Gasteiger partial charge in [0.25, 0.3) is 0 Å². The molecule has 100 valence electrons. The molecule has 2 aromatic carbocycles. The van der Waals surface area contributed by atoms with E-state index in [1.807, 2.05) is 56.3 Å². The Morgan fingerprint density at radius 3 is 2.30 bits per heavy atom. The van der Waals surface area contributed by atoms with Gasteiger partial charge in [-0.25, -0.2) is 4.79 Å². The standard InChI is InChI=1S/C17H14O3/c1-10-3-6-12(7-4-10)15-13-9-11(2)5-8-14(13)20-16(15)17(18)19/h3-9H,1-2H3,(H,18,19). The smallest absolute Gasteiger partial charge is 0.372 e. The summed E-state index contributed by atoms with van der Waals surface area (Å²) >= 11 is 0. The quantitative estimate of drug-likeness (QED) is 0.747. The first-order valence-electron chi connectivity index (χ1n) is 6.40. The van der Waals surface area contributed by atoms with Crippen molar-refractivity contribution >= 4 is 16.9 Å². The Hall–Kier alpha value is -2.55. The Morgan fingerprint density at radius 1 is 1.00 bits per heavy atom. The lowest BCUT2D eigenvalue weighted by atomic mass is 10.00. The molecule has 1 heterocycles. The van der Waals surface area contributed by atoms with E-state index < -0.39 is 5.97 Å². The Bertz CT molecular complexity index is 795. The molecule has 1 N–H and O–H groups in total. The van der Waals surface area contributed by atoms with Crippen molar-refractivity contribution in [3.05, 3.63) is 59.4 Å². The number of aryl methyl sites for hydroxylation is 2. The largest absolute Gasteiger partial charge is 0.475 e. The SMILES string of the molecule is Cc1ccc(-c2c(C(=O)O)oc3ccc(C)cc23)cc1. The predicted octanol–water partition coefficient (Wildman–Crippen LogP) is 4.41. The van der Waals surface area contributed by atoms with Crippen molar-refractivity contribution in [2.24, 2.45) is 0 Å². The van der Waals surface area contributed by atoms with Crippen LogP contribution in [-0.4, -0.2) is 11.1 Å². The van der Waals surface area contributed by atoms with Gasteiger partial charge in [-0.15, -0.1) is 0 Å². The number of aromatic carboxylic acids is 1. The maximum absolute atomic E-state index is 11.4. The van der Waals surface area contributed by atoms with Crippen molar-refractivity contribution in [3.63, 3.8) is 0 Å². The number of fused-ring (bicyclic) bond motifs is 1. The van der Waals surface area contributed by atoms with E-state index >= 15 is 0 Å². The molecule has 0 saturated heterocycles. The van der Waals surface area contributed by atoms with Crippen molar-refractivity contribution in [2.75, 3.05) is 0 Å². The molecule has 0 fully saturated rings. The third-order valence-corrected chi connectivity index (χ3v) is 3.38. The van der Waals surface area contributed by atoms with E-state index in [9.17, 15) is 9.90 Å². The molecule has 1 aromatic heterocycles. The topological polar surface area (TPSA) is 50.4 Å². The van der Waals surface area contributed by atoms with Crippen LogP contribution in [-0.2, 0) is 0 Å². The number of carboxylic acids is 1. The minimum absolute atomic E-state index is 0.00514. The predicted molar refractivity (Wildman–Crippen MR) is 78.1 cm³/mol. The maximum Gasteiger partial charge on any atom is 0.372 e. The van der Waals surface area contributed by atoms with Gasteiger partial charge in [-0.1, -0.05) is 41.5 Å². The molecule has 0 amide bonds. The molecule has 0 aliphatic carbocycles. The molecule has 0 unspecified atom stereocenters. The van der Waals surface area contributed by atoms with E-state index in [-0.39, 0.29) is 5.76 Å². The normalized spacial score (nSPS) is 10.9. The van der Waals surface area contributed by atoms with Crippen molar-refractivity contribution in [3.8, 4) is 11.1 Å². The molecule has 3 heteroatoms. The van der Waals surface area contributed by atoms with Crippen LogP contribution >= 0.6 is 0 Å². The van der Waals surface area contributed by atoms with Gasteiger partial charge in [0.15, 0.2) is 0 Å². The van der Waals surface area contributed by atoms with Crippen LogP contribution in [0.5, 0.6) is 0 Å². The van der Waals surface area contributed by atoms with Gasteiger partial charge < -0.3 is 9.52 Å². The summed E-state index contributed by atoms with van der Waals surface area (Å²) in [6, 6.07) is 13.5. The molecule has 3 aromatic rings. The van der Waals surface area contributed by atoms with Gasteiger partial charge in [-0.05, 0) is 31.5 Å². The molecule has 0 aliphatic rings. The summed E-state index contributed by atoms with van der Waals surface area (Å²) in [7, 11) is 0. The zero-order valence-electron chi connectivity index (χ0n) is 11.3. The number of hydrogen-bond donors (Lipinski definition) is 1. The molecule has 3 nitrogen and oxygen atoms in total. The van der Waals surface area contributed by atoms with Gasteiger partial charge in [-0.3, -0.25) is 0 Å². The molecule has 20 heavy (non-hydrogen) atoms. The van der Waals surface area contributed by atoms with Gasteiger partial charge in [-0.2, -0.15) is 0 Å². The van der Waals surface area contributed by atoms with Crippen LogP contribution in [0.1, 0.15) is 21.7 Å². The fourth-order valence-corrected chi connectivity index (χ4v) is 2.37. The maximum atomic E-state index is 11.4. The number of carboxylic acid groups (broad SMARTS) is 1. The average Bonchev–Trinajstić information content (AvgIpc) is 2.78. The van der Waals surface area contributed by atoms with E-state index in [0.29, 0.717) is 11.1 Å². The lowest BCUT2D eigenvalue weighted by molar-refractivity contribution is 0.0666. The van der Waals surface area contributed by atoms with Crippen LogP contribution in [0.15, 0.2) is 46.9 Å². The highest BCUT2D eigenvalue weighted by atomic mass is 16.4. The van der Waals surface area contributed by atoms with Crippen LogP contribution in [0.3, 0.4) is 0 Å². The molecule has 3 rings (SSSR count). The number of benzene rings is 2. The zero-order chi connectivity index (χ0) is 14.3. The summed E-state index contributed by atoms with van der Waals surface area (Å²) in [6.07, 6.45) is 0. The number of hydrogen-bond acceptors (Lipinski definition) is 2. The highest BCUT2D eigenvalue weighted by Gasteiger charge is 2.21. The summed E-state index contributed by atoms with van der Waals surface area (Å²) in [5.74, 6) is -1.05. The van der Waals surface area contributed by atoms with E-state index in [1.54, 1.807) is 0 Å². The lowest BCUT2D eigenvalue weighted by Gasteiger charge is -2.02. The summed E-state index contributed by atoms with van der Waals surface area (Å²) < 4.78 is 5.50. The first kappa shape index (κ1) is 12.5. The number of carbonyl (C=O) groups is 1. The van der Waals surface area contributed by atoms with E-state index in [0.717, 1.165) is 22.1 Å². The lowest BCUT2D eigenvalue weighted by Crippen LogP contribution is -1.96. The Balaban J connectivity index is 2.36. The monoisotopic (exact) mass is 266 g/mol. The first-order valence-corrected chi connectivity index (χ1v) is 6.40. The molecule has 0 aliphatic heterocycles. The fourth-order valence-electron chi connectivity index (χ4n) is 2.37. The van der Waals surface area contributed by atoms with E-state index in [4.69, 9.17) is 4.42 Å². The van der Waals surface area contributed by atoms with Crippen molar-refractivity contribution < 1.29 is 14.3 Å². The van der Waals surface area contributed by atoms with Crippen LogP contribution in [0.2, 0.25) is 0 Å². The van der Waals surface area contributed by atoms with Crippen LogP contribution < -0.4 is 0 Å². The highest BCUT2D eigenvalue weighted by Crippen LogP contribution is 2.35. The summed E-state index contributed by atoms with van der Waals surface area (Å²) in [5, 5.41) is 10.2. The number of rotatable bonds is 2. The van der Waals surface area contributed by atoms with Gasteiger partial charge in [0, 0.05) is 10.9 Å². The Morgan fingerprint density at radius 2 is 1.65 bits per heavy atom. The molecule has 0 radical (unpaired) electrons. The third kappa shape index (κ3) is 1.97. The molecule has 0 saturated carbocycles. The fraction of sp³-hybridized carbons (Fsp3) is 0.118. The molecular weight excluding hydrogens is 252 g/mol. The first-order chi connectivity index (χ1) is 9.56. The summed E-state index contributed by atoms with van der Waals surface area (Å²) in [5.41, 5.74) is 4.32. The molecule has 0 spiro atoms. The highest BCUT2D eigenvalue weighted by molar-refractivity contribution is 6.05. The Labute approximate surface area is 116 Å². The van der Waals surface area contributed by atoms with E-state index in [1.165, 1.54) is 0 Å².